The Morgan fingerprint density at radius 2 is 1.85 bits per heavy atom. The fraction of sp³-hybridized carbons (Fsp3) is 0.250. The lowest BCUT2D eigenvalue weighted by Crippen LogP contribution is -2.27. The van der Waals surface area contributed by atoms with Gasteiger partial charge >= 0.3 is 0 Å². The summed E-state index contributed by atoms with van der Waals surface area (Å²) < 4.78 is 25.9. The van der Waals surface area contributed by atoms with Crippen LogP contribution in [0.2, 0.25) is 5.02 Å². The van der Waals surface area contributed by atoms with Crippen molar-refractivity contribution >= 4 is 11.6 Å². The summed E-state index contributed by atoms with van der Waals surface area (Å²) in [7, 11) is 0. The van der Waals surface area contributed by atoms with Crippen molar-refractivity contribution in [3.8, 4) is 0 Å². The first kappa shape index (κ1) is 14.9. The number of halogens is 3. The molecule has 2 aromatic rings. The van der Waals surface area contributed by atoms with Crippen molar-refractivity contribution in [1.29, 1.82) is 0 Å². The Hall–Kier alpha value is -1.45. The third-order valence-electron chi connectivity index (χ3n) is 3.07. The molecule has 4 heteroatoms. The van der Waals surface area contributed by atoms with Crippen LogP contribution >= 0.6 is 11.6 Å². The monoisotopic (exact) mass is 295 g/mol. The van der Waals surface area contributed by atoms with E-state index in [1.54, 1.807) is 6.07 Å². The van der Waals surface area contributed by atoms with E-state index in [2.05, 4.69) is 5.32 Å². The van der Waals surface area contributed by atoms with Crippen LogP contribution < -0.4 is 5.32 Å². The van der Waals surface area contributed by atoms with Gasteiger partial charge in [0.2, 0.25) is 0 Å². The summed E-state index contributed by atoms with van der Waals surface area (Å²) in [4.78, 5) is 0. The summed E-state index contributed by atoms with van der Waals surface area (Å²) in [5, 5.41) is 4.00. The molecule has 0 bridgehead atoms. The minimum Gasteiger partial charge on any atom is -0.310 e. The van der Waals surface area contributed by atoms with E-state index in [0.29, 0.717) is 6.54 Å². The maximum absolute atomic E-state index is 13.1. The van der Waals surface area contributed by atoms with Gasteiger partial charge in [-0.3, -0.25) is 0 Å². The summed E-state index contributed by atoms with van der Waals surface area (Å²) in [6.07, 6.45) is 0.824. The molecule has 1 atom stereocenters. The lowest BCUT2D eigenvalue weighted by atomic mass is 10.1. The molecule has 20 heavy (non-hydrogen) atoms. The van der Waals surface area contributed by atoms with Gasteiger partial charge in [-0.2, -0.15) is 0 Å². The SMILES string of the molecule is CC(Cc1cccc(Cl)c1)NCc1ccc(F)c(F)c1. The van der Waals surface area contributed by atoms with E-state index in [1.807, 2.05) is 31.2 Å². The van der Waals surface area contributed by atoms with Gasteiger partial charge in [0.05, 0.1) is 0 Å². The highest BCUT2D eigenvalue weighted by atomic mass is 35.5. The van der Waals surface area contributed by atoms with E-state index in [9.17, 15) is 8.78 Å². The molecule has 0 amide bonds. The van der Waals surface area contributed by atoms with Gasteiger partial charge in [0.1, 0.15) is 0 Å². The fourth-order valence-corrected chi connectivity index (χ4v) is 2.24. The van der Waals surface area contributed by atoms with Gasteiger partial charge in [0.15, 0.2) is 11.6 Å². The van der Waals surface area contributed by atoms with E-state index < -0.39 is 11.6 Å². The molecule has 0 spiro atoms. The first-order valence-electron chi connectivity index (χ1n) is 6.46. The van der Waals surface area contributed by atoms with Crippen LogP contribution in [0.15, 0.2) is 42.5 Å². The second-order valence-electron chi connectivity index (χ2n) is 4.86. The Balaban J connectivity index is 1.88. The lowest BCUT2D eigenvalue weighted by molar-refractivity contribution is 0.502. The first-order chi connectivity index (χ1) is 9.54. The van der Waals surface area contributed by atoms with Gasteiger partial charge < -0.3 is 5.32 Å². The van der Waals surface area contributed by atoms with Crippen LogP contribution in [0.5, 0.6) is 0 Å². The number of rotatable bonds is 5. The standard InChI is InChI=1S/C16H16ClF2N/c1-11(7-12-3-2-4-14(17)8-12)20-10-13-5-6-15(18)16(19)9-13/h2-6,8-9,11,20H,7,10H2,1H3. The maximum atomic E-state index is 13.1. The third kappa shape index (κ3) is 4.29. The number of nitrogens with one attached hydrogen (secondary N) is 1. The van der Waals surface area contributed by atoms with E-state index in [-0.39, 0.29) is 6.04 Å². The quantitative estimate of drug-likeness (QED) is 0.865. The minimum absolute atomic E-state index is 0.210. The van der Waals surface area contributed by atoms with E-state index in [1.165, 1.54) is 6.07 Å². The van der Waals surface area contributed by atoms with Crippen LogP contribution in [0.1, 0.15) is 18.1 Å². The average Bonchev–Trinajstić information content (AvgIpc) is 2.40. The number of benzene rings is 2. The Morgan fingerprint density at radius 3 is 2.55 bits per heavy atom. The normalized spacial score (nSPS) is 12.4. The highest BCUT2D eigenvalue weighted by molar-refractivity contribution is 6.30. The molecule has 2 rings (SSSR count). The van der Waals surface area contributed by atoms with E-state index in [0.717, 1.165) is 28.6 Å². The Bertz CT molecular complexity index is 586. The molecule has 0 saturated heterocycles. The molecule has 0 fully saturated rings. The minimum atomic E-state index is -0.819. The molecule has 1 unspecified atom stereocenters. The summed E-state index contributed by atoms with van der Waals surface area (Å²) in [5.41, 5.74) is 1.87. The average molecular weight is 296 g/mol. The summed E-state index contributed by atoms with van der Waals surface area (Å²) in [6.45, 7) is 2.54. The van der Waals surface area contributed by atoms with Crippen LogP contribution in [0.3, 0.4) is 0 Å². The highest BCUT2D eigenvalue weighted by Gasteiger charge is 2.06. The Kier molecular flexibility index (Phi) is 5.10. The van der Waals surface area contributed by atoms with Crippen molar-refractivity contribution in [3.63, 3.8) is 0 Å². The van der Waals surface area contributed by atoms with Gasteiger partial charge in [0.25, 0.3) is 0 Å². The fourth-order valence-electron chi connectivity index (χ4n) is 2.03. The molecule has 1 N–H and O–H groups in total. The molecule has 1 nitrogen and oxygen atoms in total. The molecule has 106 valence electrons. The molecular weight excluding hydrogens is 280 g/mol. The van der Waals surface area contributed by atoms with Gasteiger partial charge in [0, 0.05) is 17.6 Å². The molecule has 0 aliphatic rings. The highest BCUT2D eigenvalue weighted by Crippen LogP contribution is 2.13. The van der Waals surface area contributed by atoms with Gasteiger partial charge in [-0.1, -0.05) is 29.8 Å². The van der Waals surface area contributed by atoms with E-state index in [4.69, 9.17) is 11.6 Å². The molecule has 0 saturated carbocycles. The smallest absolute Gasteiger partial charge is 0.159 e. The molecular formula is C16H16ClF2N. The summed E-state index contributed by atoms with van der Waals surface area (Å²) in [5.74, 6) is -1.63. The molecule has 0 radical (unpaired) electrons. The summed E-state index contributed by atoms with van der Waals surface area (Å²) >= 11 is 5.94. The Labute approximate surface area is 122 Å². The van der Waals surface area contributed by atoms with E-state index >= 15 is 0 Å². The zero-order chi connectivity index (χ0) is 14.5. The maximum Gasteiger partial charge on any atom is 0.159 e. The predicted octanol–water partition coefficient (Wildman–Crippen LogP) is 4.34. The van der Waals surface area contributed by atoms with Crippen LogP contribution in [0.4, 0.5) is 8.78 Å². The molecule has 0 aliphatic carbocycles. The second-order valence-corrected chi connectivity index (χ2v) is 5.30. The van der Waals surface area contributed by atoms with Gasteiger partial charge in [-0.15, -0.1) is 0 Å². The number of hydrogen-bond acceptors (Lipinski definition) is 1. The topological polar surface area (TPSA) is 12.0 Å². The molecule has 2 aromatic carbocycles. The van der Waals surface area contributed by atoms with Crippen molar-refractivity contribution in [1.82, 2.24) is 5.32 Å². The predicted molar refractivity (Wildman–Crippen MR) is 77.8 cm³/mol. The largest absolute Gasteiger partial charge is 0.310 e. The van der Waals surface area contributed by atoms with Crippen LogP contribution in [-0.4, -0.2) is 6.04 Å². The zero-order valence-electron chi connectivity index (χ0n) is 11.2. The van der Waals surface area contributed by atoms with Crippen molar-refractivity contribution in [2.75, 3.05) is 0 Å². The molecule has 0 aromatic heterocycles. The lowest BCUT2D eigenvalue weighted by Gasteiger charge is -2.14. The first-order valence-corrected chi connectivity index (χ1v) is 6.84. The second kappa shape index (κ2) is 6.82. The Morgan fingerprint density at radius 1 is 1.05 bits per heavy atom. The third-order valence-corrected chi connectivity index (χ3v) is 3.30. The zero-order valence-corrected chi connectivity index (χ0v) is 11.9. The number of hydrogen-bond donors (Lipinski definition) is 1. The van der Waals surface area contributed by atoms with Crippen molar-refractivity contribution < 1.29 is 8.78 Å². The van der Waals surface area contributed by atoms with Gasteiger partial charge in [-0.25, -0.2) is 8.78 Å². The van der Waals surface area contributed by atoms with Crippen molar-refractivity contribution in [3.05, 3.63) is 70.2 Å². The van der Waals surface area contributed by atoms with Crippen molar-refractivity contribution in [2.24, 2.45) is 0 Å². The van der Waals surface area contributed by atoms with Crippen molar-refractivity contribution in [2.45, 2.75) is 25.9 Å². The van der Waals surface area contributed by atoms with Crippen LogP contribution in [0, 0.1) is 11.6 Å². The van der Waals surface area contributed by atoms with Crippen LogP contribution in [-0.2, 0) is 13.0 Å². The van der Waals surface area contributed by atoms with Crippen LogP contribution in [0.25, 0.3) is 0 Å². The van der Waals surface area contributed by atoms with Gasteiger partial charge in [-0.05, 0) is 48.7 Å². The molecule has 0 aliphatic heterocycles. The molecule has 0 heterocycles. The summed E-state index contributed by atoms with van der Waals surface area (Å²) in [6, 6.07) is 11.9.